The van der Waals surface area contributed by atoms with Gasteiger partial charge in [0.15, 0.2) is 5.96 Å². The van der Waals surface area contributed by atoms with Crippen LogP contribution in [-0.4, -0.2) is 44.1 Å². The van der Waals surface area contributed by atoms with Crippen molar-refractivity contribution in [3.8, 4) is 5.75 Å². The van der Waals surface area contributed by atoms with Crippen molar-refractivity contribution in [2.45, 2.75) is 12.8 Å². The van der Waals surface area contributed by atoms with Crippen LogP contribution in [0.4, 0.5) is 5.69 Å². The molecule has 0 amide bonds. The zero-order valence-corrected chi connectivity index (χ0v) is 12.5. The number of rotatable bonds is 5. The zero-order chi connectivity index (χ0) is 14.4. The molecule has 1 aliphatic rings. The number of hydrogen-bond acceptors (Lipinski definition) is 3. The minimum absolute atomic E-state index is 0.408. The fourth-order valence-corrected chi connectivity index (χ4v) is 2.51. The molecule has 110 valence electrons. The van der Waals surface area contributed by atoms with Gasteiger partial charge < -0.3 is 20.7 Å². The molecule has 0 aromatic heterocycles. The summed E-state index contributed by atoms with van der Waals surface area (Å²) >= 11 is 6.05. The molecule has 1 aromatic rings. The molecule has 0 unspecified atom stereocenters. The van der Waals surface area contributed by atoms with Crippen molar-refractivity contribution < 1.29 is 4.74 Å². The van der Waals surface area contributed by atoms with Gasteiger partial charge in [0.1, 0.15) is 5.75 Å². The summed E-state index contributed by atoms with van der Waals surface area (Å²) in [6.45, 7) is 4.03. The Hall–Kier alpha value is -1.46. The highest BCUT2D eigenvalue weighted by Crippen LogP contribution is 2.26. The Morgan fingerprint density at radius 2 is 2.20 bits per heavy atom. The Balaban J connectivity index is 1.83. The molecule has 1 aromatic carbocycles. The number of methoxy groups -OCH3 is 1. The summed E-state index contributed by atoms with van der Waals surface area (Å²) in [5.74, 6) is 1.05. The lowest BCUT2D eigenvalue weighted by molar-refractivity contribution is 0.349. The summed E-state index contributed by atoms with van der Waals surface area (Å²) in [6.07, 6.45) is 2.59. The second-order valence-corrected chi connectivity index (χ2v) is 5.20. The van der Waals surface area contributed by atoms with Crippen LogP contribution in [0, 0.1) is 0 Å². The number of nitrogens with one attached hydrogen (secondary N) is 1. The van der Waals surface area contributed by atoms with Crippen LogP contribution in [0.2, 0.25) is 5.02 Å². The highest BCUT2D eigenvalue weighted by Gasteiger charge is 2.10. The summed E-state index contributed by atoms with van der Waals surface area (Å²) in [5.41, 5.74) is 6.66. The summed E-state index contributed by atoms with van der Waals surface area (Å²) in [5, 5.41) is 3.57. The molecular weight excluding hydrogens is 276 g/mol. The fraction of sp³-hybridized carbons (Fsp3) is 0.500. The number of likely N-dealkylation sites (tertiary alicyclic amines) is 1. The lowest BCUT2D eigenvalue weighted by atomic mass is 10.3. The first-order chi connectivity index (χ1) is 9.69. The SMILES string of the molecule is COc1ccc(NC(N)=NCCN2CCCC2)cc1Cl. The Kier molecular flexibility index (Phi) is 5.49. The highest BCUT2D eigenvalue weighted by molar-refractivity contribution is 6.32. The van der Waals surface area contributed by atoms with Crippen LogP contribution >= 0.6 is 11.6 Å². The Bertz CT molecular complexity index is 472. The molecule has 0 spiro atoms. The number of nitrogens with two attached hydrogens (primary N) is 1. The van der Waals surface area contributed by atoms with Crippen molar-refractivity contribution in [1.29, 1.82) is 0 Å². The zero-order valence-electron chi connectivity index (χ0n) is 11.7. The van der Waals surface area contributed by atoms with Gasteiger partial charge >= 0.3 is 0 Å². The van der Waals surface area contributed by atoms with Crippen LogP contribution in [0.25, 0.3) is 0 Å². The predicted octanol–water partition coefficient (Wildman–Crippen LogP) is 2.17. The molecule has 2 rings (SSSR count). The summed E-state index contributed by atoms with van der Waals surface area (Å²) in [4.78, 5) is 6.73. The second kappa shape index (κ2) is 7.36. The third-order valence-corrected chi connectivity index (χ3v) is 3.62. The van der Waals surface area contributed by atoms with Gasteiger partial charge in [-0.15, -0.1) is 0 Å². The van der Waals surface area contributed by atoms with Crippen LogP contribution in [-0.2, 0) is 0 Å². The fourth-order valence-electron chi connectivity index (χ4n) is 2.25. The third-order valence-electron chi connectivity index (χ3n) is 3.32. The normalized spacial score (nSPS) is 16.4. The molecule has 0 aliphatic carbocycles. The number of aliphatic imine (C=N–C) groups is 1. The minimum Gasteiger partial charge on any atom is -0.495 e. The maximum absolute atomic E-state index is 6.05. The summed E-state index contributed by atoms with van der Waals surface area (Å²) < 4.78 is 5.10. The van der Waals surface area contributed by atoms with E-state index >= 15 is 0 Å². The van der Waals surface area contributed by atoms with Gasteiger partial charge in [0.25, 0.3) is 0 Å². The quantitative estimate of drug-likeness (QED) is 0.646. The molecule has 20 heavy (non-hydrogen) atoms. The molecule has 3 N–H and O–H groups in total. The van der Waals surface area contributed by atoms with E-state index in [-0.39, 0.29) is 0 Å². The first-order valence-electron chi connectivity index (χ1n) is 6.82. The van der Waals surface area contributed by atoms with E-state index in [1.165, 1.54) is 25.9 Å². The molecule has 0 saturated carbocycles. The first kappa shape index (κ1) is 14.9. The van der Waals surface area contributed by atoms with E-state index in [9.17, 15) is 0 Å². The van der Waals surface area contributed by atoms with Gasteiger partial charge in [-0.25, -0.2) is 0 Å². The van der Waals surface area contributed by atoms with Gasteiger partial charge in [-0.05, 0) is 44.1 Å². The number of ether oxygens (including phenoxy) is 1. The molecule has 1 saturated heterocycles. The number of guanidine groups is 1. The Morgan fingerprint density at radius 1 is 1.45 bits per heavy atom. The topological polar surface area (TPSA) is 62.9 Å². The number of anilines is 1. The third kappa shape index (κ3) is 4.28. The van der Waals surface area contributed by atoms with E-state index in [4.69, 9.17) is 22.1 Å². The van der Waals surface area contributed by atoms with Crippen LogP contribution in [0.15, 0.2) is 23.2 Å². The van der Waals surface area contributed by atoms with E-state index in [0.29, 0.717) is 23.3 Å². The van der Waals surface area contributed by atoms with Gasteiger partial charge in [0.05, 0.1) is 18.7 Å². The van der Waals surface area contributed by atoms with Gasteiger partial charge in [-0.1, -0.05) is 11.6 Å². The molecule has 0 radical (unpaired) electrons. The second-order valence-electron chi connectivity index (χ2n) is 4.79. The van der Waals surface area contributed by atoms with E-state index in [1.54, 1.807) is 19.2 Å². The smallest absolute Gasteiger partial charge is 0.193 e. The number of halogens is 1. The van der Waals surface area contributed by atoms with Crippen molar-refractivity contribution in [3.05, 3.63) is 23.2 Å². The minimum atomic E-state index is 0.408. The van der Waals surface area contributed by atoms with E-state index in [1.807, 2.05) is 6.07 Å². The molecule has 1 fully saturated rings. The molecule has 0 atom stereocenters. The van der Waals surface area contributed by atoms with Crippen LogP contribution in [0.5, 0.6) is 5.75 Å². The van der Waals surface area contributed by atoms with Crippen molar-refractivity contribution in [2.24, 2.45) is 10.7 Å². The molecule has 1 aliphatic heterocycles. The maximum atomic E-state index is 6.05. The average Bonchev–Trinajstić information content (AvgIpc) is 2.92. The van der Waals surface area contributed by atoms with Crippen molar-refractivity contribution >= 4 is 23.2 Å². The van der Waals surface area contributed by atoms with Crippen LogP contribution in [0.1, 0.15) is 12.8 Å². The van der Waals surface area contributed by atoms with Crippen molar-refractivity contribution in [3.63, 3.8) is 0 Å². The van der Waals surface area contributed by atoms with Crippen molar-refractivity contribution in [1.82, 2.24) is 4.90 Å². The molecule has 5 nitrogen and oxygen atoms in total. The molecular formula is C14H21ClN4O. The van der Waals surface area contributed by atoms with Gasteiger partial charge in [0.2, 0.25) is 0 Å². The standard InChI is InChI=1S/C14H21ClN4O/c1-20-13-5-4-11(10-12(13)15)18-14(16)17-6-9-19-7-2-3-8-19/h4-5,10H,2-3,6-9H2,1H3,(H3,16,17,18). The first-order valence-corrected chi connectivity index (χ1v) is 7.19. The number of benzene rings is 1. The molecule has 1 heterocycles. The molecule has 6 heteroatoms. The monoisotopic (exact) mass is 296 g/mol. The predicted molar refractivity (Wildman–Crippen MR) is 83.8 cm³/mol. The van der Waals surface area contributed by atoms with E-state index in [0.717, 1.165) is 12.2 Å². The van der Waals surface area contributed by atoms with Crippen molar-refractivity contribution in [2.75, 3.05) is 38.6 Å². The molecule has 0 bridgehead atoms. The van der Waals surface area contributed by atoms with E-state index < -0.39 is 0 Å². The van der Waals surface area contributed by atoms with Crippen LogP contribution < -0.4 is 15.8 Å². The lowest BCUT2D eigenvalue weighted by Crippen LogP contribution is -2.26. The van der Waals surface area contributed by atoms with Gasteiger partial charge in [-0.2, -0.15) is 0 Å². The maximum Gasteiger partial charge on any atom is 0.193 e. The highest BCUT2D eigenvalue weighted by atomic mass is 35.5. The van der Waals surface area contributed by atoms with Gasteiger partial charge in [-0.3, -0.25) is 4.99 Å². The summed E-state index contributed by atoms with van der Waals surface area (Å²) in [6, 6.07) is 5.42. The number of nitrogens with zero attached hydrogens (tertiary/aromatic N) is 2. The number of hydrogen-bond donors (Lipinski definition) is 2. The average molecular weight is 297 g/mol. The lowest BCUT2D eigenvalue weighted by Gasteiger charge is -2.13. The summed E-state index contributed by atoms with van der Waals surface area (Å²) in [7, 11) is 1.59. The Labute approximate surface area is 124 Å². The van der Waals surface area contributed by atoms with Crippen LogP contribution in [0.3, 0.4) is 0 Å². The largest absolute Gasteiger partial charge is 0.495 e. The Morgan fingerprint density at radius 3 is 2.85 bits per heavy atom. The van der Waals surface area contributed by atoms with E-state index in [2.05, 4.69) is 15.2 Å². The van der Waals surface area contributed by atoms with Gasteiger partial charge in [0, 0.05) is 12.2 Å².